The summed E-state index contributed by atoms with van der Waals surface area (Å²) < 4.78 is 37.6. The summed E-state index contributed by atoms with van der Waals surface area (Å²) >= 11 is 0. The van der Waals surface area contributed by atoms with E-state index < -0.39 is 23.7 Å². The molecule has 0 aromatic heterocycles. The minimum Gasteiger partial charge on any atom is -0.417 e. The summed E-state index contributed by atoms with van der Waals surface area (Å²) in [5, 5.41) is -0.523. The highest BCUT2D eigenvalue weighted by atomic mass is 32.2. The maximum atomic E-state index is 11.2. The predicted molar refractivity (Wildman–Crippen MR) is 82.6 cm³/mol. The molecule has 19 heavy (non-hydrogen) atoms. The summed E-state index contributed by atoms with van der Waals surface area (Å²) in [7, 11) is -5.72. The second-order valence-electron chi connectivity index (χ2n) is 6.96. The van der Waals surface area contributed by atoms with Crippen molar-refractivity contribution < 1.29 is 17.4 Å². The molecule has 0 fully saturated rings. The van der Waals surface area contributed by atoms with E-state index in [-0.39, 0.29) is 11.0 Å². The van der Waals surface area contributed by atoms with Crippen molar-refractivity contribution >= 4 is 18.4 Å². The molecule has 0 unspecified atom stereocenters. The molecule has 4 nitrogen and oxygen atoms in total. The number of hydrogen-bond acceptors (Lipinski definition) is 3. The van der Waals surface area contributed by atoms with Gasteiger partial charge < -0.3 is 4.43 Å². The van der Waals surface area contributed by atoms with Gasteiger partial charge in [-0.1, -0.05) is 34.6 Å². The minimum atomic E-state index is -3.94. The van der Waals surface area contributed by atoms with E-state index in [2.05, 4.69) is 33.9 Å². The van der Waals surface area contributed by atoms with Gasteiger partial charge in [0.25, 0.3) is 10.1 Å². The molecule has 0 amide bonds. The Kier molecular flexibility index (Phi) is 6.72. The Morgan fingerprint density at radius 3 is 2.05 bits per heavy atom. The van der Waals surface area contributed by atoms with Crippen LogP contribution in [0.4, 0.5) is 0 Å². The standard InChI is InChI=1S/C13H30O4SSi/c1-8-12(18(14,15)16)9-11(2)10-17-19(6,7)13(3,4)5/h11-12H,8-10H2,1-7H3,(H,14,15,16)/t11-,12+/m0/s1. The van der Waals surface area contributed by atoms with Crippen molar-refractivity contribution in [3.63, 3.8) is 0 Å². The lowest BCUT2D eigenvalue weighted by atomic mass is 10.1. The van der Waals surface area contributed by atoms with Crippen LogP contribution in [0.5, 0.6) is 0 Å². The van der Waals surface area contributed by atoms with Gasteiger partial charge in [-0.25, -0.2) is 0 Å². The Labute approximate surface area is 119 Å². The Bertz CT molecular complexity index is 371. The Morgan fingerprint density at radius 2 is 1.74 bits per heavy atom. The molecular formula is C13H30O4SSi. The second-order valence-corrected chi connectivity index (χ2v) is 13.5. The van der Waals surface area contributed by atoms with Gasteiger partial charge in [-0.3, -0.25) is 4.55 Å². The zero-order valence-corrected chi connectivity index (χ0v) is 15.2. The third-order valence-electron chi connectivity index (χ3n) is 4.08. The molecule has 2 atom stereocenters. The molecule has 0 aliphatic rings. The van der Waals surface area contributed by atoms with Crippen LogP contribution >= 0.6 is 0 Å². The second kappa shape index (κ2) is 6.69. The predicted octanol–water partition coefficient (Wildman–Crippen LogP) is 3.70. The van der Waals surface area contributed by atoms with Crippen LogP contribution in [-0.4, -0.2) is 33.1 Å². The van der Waals surface area contributed by atoms with Gasteiger partial charge in [0.05, 0.1) is 5.25 Å². The van der Waals surface area contributed by atoms with E-state index in [4.69, 9.17) is 8.98 Å². The Hall–Kier alpha value is 0.0869. The van der Waals surface area contributed by atoms with E-state index in [0.717, 1.165) is 0 Å². The largest absolute Gasteiger partial charge is 0.417 e. The normalized spacial score (nSPS) is 17.3. The zero-order chi connectivity index (χ0) is 15.5. The van der Waals surface area contributed by atoms with Crippen LogP contribution in [0, 0.1) is 5.92 Å². The molecule has 0 heterocycles. The molecule has 0 aromatic carbocycles. The molecule has 116 valence electrons. The topological polar surface area (TPSA) is 63.6 Å². The van der Waals surface area contributed by atoms with Gasteiger partial charge >= 0.3 is 0 Å². The Balaban J connectivity index is 4.46. The summed E-state index contributed by atoms with van der Waals surface area (Å²) in [5.74, 6) is 0.126. The lowest BCUT2D eigenvalue weighted by Crippen LogP contribution is -2.42. The highest BCUT2D eigenvalue weighted by molar-refractivity contribution is 7.86. The van der Waals surface area contributed by atoms with Gasteiger partial charge in [0.15, 0.2) is 8.32 Å². The maximum absolute atomic E-state index is 11.2. The average molecular weight is 311 g/mol. The van der Waals surface area contributed by atoms with Crippen LogP contribution < -0.4 is 0 Å². The fourth-order valence-corrected chi connectivity index (χ4v) is 3.71. The van der Waals surface area contributed by atoms with Gasteiger partial charge in [-0.05, 0) is 36.9 Å². The number of rotatable bonds is 7. The highest BCUT2D eigenvalue weighted by Gasteiger charge is 2.37. The first-order valence-electron chi connectivity index (χ1n) is 6.91. The maximum Gasteiger partial charge on any atom is 0.267 e. The number of hydrogen-bond donors (Lipinski definition) is 1. The van der Waals surface area contributed by atoms with Gasteiger partial charge in [0, 0.05) is 6.61 Å². The molecule has 0 rings (SSSR count). The van der Waals surface area contributed by atoms with Crippen LogP contribution in [-0.2, 0) is 14.5 Å². The molecule has 0 saturated carbocycles. The van der Waals surface area contributed by atoms with Crippen LogP contribution in [0.2, 0.25) is 18.1 Å². The quantitative estimate of drug-likeness (QED) is 0.575. The monoisotopic (exact) mass is 310 g/mol. The molecule has 1 N–H and O–H groups in total. The molecule has 0 bridgehead atoms. The lowest BCUT2D eigenvalue weighted by Gasteiger charge is -2.37. The van der Waals surface area contributed by atoms with Crippen molar-refractivity contribution in [1.82, 2.24) is 0 Å². The van der Waals surface area contributed by atoms with Crippen LogP contribution in [0.15, 0.2) is 0 Å². The van der Waals surface area contributed by atoms with Crippen molar-refractivity contribution in [3.8, 4) is 0 Å². The van der Waals surface area contributed by atoms with E-state index >= 15 is 0 Å². The average Bonchev–Trinajstić information content (AvgIpc) is 2.19. The first-order chi connectivity index (χ1) is 8.31. The van der Waals surface area contributed by atoms with Crippen LogP contribution in [0.1, 0.15) is 47.5 Å². The summed E-state index contributed by atoms with van der Waals surface area (Å²) in [6.45, 7) is 15.2. The summed E-state index contributed by atoms with van der Waals surface area (Å²) in [5.41, 5.74) is 0. The molecule has 0 radical (unpaired) electrons. The van der Waals surface area contributed by atoms with E-state index in [1.54, 1.807) is 6.92 Å². The molecule has 0 aliphatic carbocycles. The van der Waals surface area contributed by atoms with E-state index in [0.29, 0.717) is 19.4 Å². The first-order valence-corrected chi connectivity index (χ1v) is 11.3. The molecule has 0 saturated heterocycles. The summed E-state index contributed by atoms with van der Waals surface area (Å²) in [6.07, 6.45) is 0.882. The van der Waals surface area contributed by atoms with Crippen molar-refractivity contribution in [2.24, 2.45) is 5.92 Å². The first kappa shape index (κ1) is 19.1. The van der Waals surface area contributed by atoms with E-state index in [1.807, 2.05) is 6.92 Å². The van der Waals surface area contributed by atoms with E-state index in [1.165, 1.54) is 0 Å². The van der Waals surface area contributed by atoms with Crippen molar-refractivity contribution in [1.29, 1.82) is 0 Å². The van der Waals surface area contributed by atoms with Gasteiger partial charge in [-0.15, -0.1) is 0 Å². The zero-order valence-electron chi connectivity index (χ0n) is 13.4. The third-order valence-corrected chi connectivity index (χ3v) is 9.95. The van der Waals surface area contributed by atoms with Gasteiger partial charge in [0.2, 0.25) is 0 Å². The lowest BCUT2D eigenvalue weighted by molar-refractivity contribution is 0.228. The smallest absolute Gasteiger partial charge is 0.267 e. The fraction of sp³-hybridized carbons (Fsp3) is 1.00. The van der Waals surface area contributed by atoms with E-state index in [9.17, 15) is 8.42 Å². The van der Waals surface area contributed by atoms with Crippen molar-refractivity contribution in [2.45, 2.75) is 70.8 Å². The minimum absolute atomic E-state index is 0.126. The molecule has 0 aliphatic heterocycles. The van der Waals surface area contributed by atoms with Gasteiger partial charge in [0.1, 0.15) is 0 Å². The molecule has 6 heteroatoms. The van der Waals surface area contributed by atoms with Crippen molar-refractivity contribution in [2.75, 3.05) is 6.61 Å². The van der Waals surface area contributed by atoms with Crippen molar-refractivity contribution in [3.05, 3.63) is 0 Å². The molecule has 0 spiro atoms. The summed E-state index contributed by atoms with van der Waals surface area (Å²) in [6, 6.07) is 0. The molecular weight excluding hydrogens is 280 g/mol. The third kappa shape index (κ3) is 6.38. The van der Waals surface area contributed by atoms with Crippen LogP contribution in [0.25, 0.3) is 0 Å². The van der Waals surface area contributed by atoms with Crippen LogP contribution in [0.3, 0.4) is 0 Å². The highest BCUT2D eigenvalue weighted by Crippen LogP contribution is 2.37. The molecule has 0 aromatic rings. The SMILES string of the molecule is CC[C@H](C[C@H](C)CO[Si](C)(C)C(C)(C)C)S(=O)(=O)O. The fourth-order valence-electron chi connectivity index (χ4n) is 1.58. The Morgan fingerprint density at radius 1 is 1.26 bits per heavy atom. The summed E-state index contributed by atoms with van der Waals surface area (Å²) in [4.78, 5) is 0. The van der Waals surface area contributed by atoms with Gasteiger partial charge in [-0.2, -0.15) is 8.42 Å².